The summed E-state index contributed by atoms with van der Waals surface area (Å²) < 4.78 is 11.0. The smallest absolute Gasteiger partial charge is 0.223 e. The predicted molar refractivity (Wildman–Crippen MR) is 58.7 cm³/mol. The van der Waals surface area contributed by atoms with E-state index >= 15 is 0 Å². The first-order chi connectivity index (χ1) is 7.20. The molecular formula is C10H9BrN2O2. The van der Waals surface area contributed by atoms with Gasteiger partial charge in [0.05, 0.1) is 11.6 Å². The van der Waals surface area contributed by atoms with Gasteiger partial charge in [0.25, 0.3) is 0 Å². The van der Waals surface area contributed by atoms with Gasteiger partial charge in [0.2, 0.25) is 11.7 Å². The van der Waals surface area contributed by atoms with Gasteiger partial charge in [0, 0.05) is 12.5 Å². The van der Waals surface area contributed by atoms with E-state index in [-0.39, 0.29) is 0 Å². The van der Waals surface area contributed by atoms with Crippen LogP contribution in [0.15, 0.2) is 27.2 Å². The fourth-order valence-corrected chi connectivity index (χ4v) is 1.62. The van der Waals surface area contributed by atoms with Gasteiger partial charge in [0.15, 0.2) is 0 Å². The van der Waals surface area contributed by atoms with E-state index < -0.39 is 0 Å². The lowest BCUT2D eigenvalue weighted by molar-refractivity contribution is 0.394. The first-order valence-electron chi connectivity index (χ1n) is 4.35. The fourth-order valence-electron chi connectivity index (χ4n) is 1.22. The van der Waals surface area contributed by atoms with E-state index in [0.29, 0.717) is 11.7 Å². The van der Waals surface area contributed by atoms with Gasteiger partial charge >= 0.3 is 0 Å². The van der Waals surface area contributed by atoms with Crippen molar-refractivity contribution in [2.24, 2.45) is 0 Å². The second kappa shape index (κ2) is 4.02. The molecule has 0 spiro atoms. The van der Waals surface area contributed by atoms with E-state index in [4.69, 9.17) is 9.26 Å². The Morgan fingerprint density at radius 2 is 2.20 bits per heavy atom. The highest BCUT2D eigenvalue weighted by atomic mass is 79.9. The molecule has 0 saturated carbocycles. The van der Waals surface area contributed by atoms with E-state index in [1.54, 1.807) is 14.0 Å². The van der Waals surface area contributed by atoms with Crippen LogP contribution in [0.1, 0.15) is 5.89 Å². The van der Waals surface area contributed by atoms with Crippen molar-refractivity contribution in [1.82, 2.24) is 10.1 Å². The molecule has 0 radical (unpaired) electrons. The van der Waals surface area contributed by atoms with Crippen molar-refractivity contribution in [3.63, 3.8) is 0 Å². The minimum Gasteiger partial charge on any atom is -0.496 e. The summed E-state index contributed by atoms with van der Waals surface area (Å²) in [4.78, 5) is 4.14. The molecule has 15 heavy (non-hydrogen) atoms. The Balaban J connectivity index is 2.45. The van der Waals surface area contributed by atoms with E-state index in [1.807, 2.05) is 18.2 Å². The SMILES string of the molecule is COc1cc(-c2noc(C)n2)ccc1Br. The van der Waals surface area contributed by atoms with Crippen molar-refractivity contribution in [3.05, 3.63) is 28.6 Å². The van der Waals surface area contributed by atoms with E-state index in [1.165, 1.54) is 0 Å². The Bertz CT molecular complexity index is 482. The Kier molecular flexibility index (Phi) is 2.73. The second-order valence-corrected chi connectivity index (χ2v) is 3.84. The summed E-state index contributed by atoms with van der Waals surface area (Å²) in [7, 11) is 1.62. The lowest BCUT2D eigenvalue weighted by Gasteiger charge is -2.03. The number of halogens is 1. The van der Waals surface area contributed by atoms with Gasteiger partial charge in [-0.15, -0.1) is 0 Å². The summed E-state index contributed by atoms with van der Waals surface area (Å²) >= 11 is 3.38. The first kappa shape index (κ1) is 10.2. The minimum atomic E-state index is 0.548. The number of ether oxygens (including phenoxy) is 1. The molecule has 0 aliphatic carbocycles. The van der Waals surface area contributed by atoms with Gasteiger partial charge in [-0.25, -0.2) is 0 Å². The van der Waals surface area contributed by atoms with Crippen LogP contribution in [0.4, 0.5) is 0 Å². The number of hydrogen-bond acceptors (Lipinski definition) is 4. The van der Waals surface area contributed by atoms with Gasteiger partial charge in [0.1, 0.15) is 5.75 Å². The molecule has 0 aliphatic rings. The molecule has 2 aromatic rings. The number of benzene rings is 1. The third-order valence-corrected chi connectivity index (χ3v) is 2.59. The average Bonchev–Trinajstić information content (AvgIpc) is 2.66. The summed E-state index contributed by atoms with van der Waals surface area (Å²) in [5, 5.41) is 3.83. The molecule has 0 N–H and O–H groups in total. The highest BCUT2D eigenvalue weighted by molar-refractivity contribution is 9.10. The zero-order valence-electron chi connectivity index (χ0n) is 8.32. The van der Waals surface area contributed by atoms with Crippen molar-refractivity contribution in [2.75, 3.05) is 7.11 Å². The van der Waals surface area contributed by atoms with Gasteiger partial charge in [-0.3, -0.25) is 0 Å². The molecule has 0 saturated heterocycles. The van der Waals surface area contributed by atoms with E-state index in [2.05, 4.69) is 26.1 Å². The fraction of sp³-hybridized carbons (Fsp3) is 0.200. The Labute approximate surface area is 95.4 Å². The standard InChI is InChI=1S/C10H9BrN2O2/c1-6-12-10(13-15-6)7-3-4-8(11)9(5-7)14-2/h3-5H,1-2H3. The van der Waals surface area contributed by atoms with Crippen molar-refractivity contribution in [2.45, 2.75) is 6.92 Å². The minimum absolute atomic E-state index is 0.548. The van der Waals surface area contributed by atoms with Crippen LogP contribution in [-0.4, -0.2) is 17.3 Å². The number of hydrogen-bond donors (Lipinski definition) is 0. The average molecular weight is 269 g/mol. The molecule has 0 unspecified atom stereocenters. The third-order valence-electron chi connectivity index (χ3n) is 1.94. The highest BCUT2D eigenvalue weighted by Gasteiger charge is 2.08. The molecule has 1 heterocycles. The molecule has 0 bridgehead atoms. The van der Waals surface area contributed by atoms with E-state index in [0.717, 1.165) is 15.8 Å². The topological polar surface area (TPSA) is 48.2 Å². The second-order valence-electron chi connectivity index (χ2n) is 2.99. The molecular weight excluding hydrogens is 260 g/mol. The Hall–Kier alpha value is -1.36. The molecule has 5 heteroatoms. The summed E-state index contributed by atoms with van der Waals surface area (Å²) in [6.45, 7) is 1.76. The van der Waals surface area contributed by atoms with Crippen molar-refractivity contribution in [1.29, 1.82) is 0 Å². The Morgan fingerprint density at radius 3 is 2.80 bits per heavy atom. The largest absolute Gasteiger partial charge is 0.496 e. The number of nitrogens with zero attached hydrogens (tertiary/aromatic N) is 2. The molecule has 0 fully saturated rings. The predicted octanol–water partition coefficient (Wildman–Crippen LogP) is 2.82. The zero-order valence-corrected chi connectivity index (χ0v) is 9.91. The first-order valence-corrected chi connectivity index (χ1v) is 5.14. The monoisotopic (exact) mass is 268 g/mol. The van der Waals surface area contributed by atoms with Crippen LogP contribution >= 0.6 is 15.9 Å². The van der Waals surface area contributed by atoms with Crippen LogP contribution in [0.25, 0.3) is 11.4 Å². The molecule has 0 amide bonds. The van der Waals surface area contributed by atoms with Crippen LogP contribution in [0, 0.1) is 6.92 Å². The number of methoxy groups -OCH3 is 1. The summed E-state index contributed by atoms with van der Waals surface area (Å²) in [5.74, 6) is 1.86. The molecule has 0 aliphatic heterocycles. The normalized spacial score (nSPS) is 10.3. The van der Waals surface area contributed by atoms with Gasteiger partial charge in [-0.2, -0.15) is 4.98 Å². The zero-order chi connectivity index (χ0) is 10.8. The summed E-state index contributed by atoms with van der Waals surface area (Å²) in [6.07, 6.45) is 0. The third kappa shape index (κ3) is 2.02. The van der Waals surface area contributed by atoms with E-state index in [9.17, 15) is 0 Å². The maximum Gasteiger partial charge on any atom is 0.223 e. The van der Waals surface area contributed by atoms with Crippen LogP contribution in [-0.2, 0) is 0 Å². The van der Waals surface area contributed by atoms with Gasteiger partial charge in [-0.1, -0.05) is 5.16 Å². The molecule has 1 aromatic heterocycles. The quantitative estimate of drug-likeness (QED) is 0.841. The number of aromatic nitrogens is 2. The van der Waals surface area contributed by atoms with Crippen LogP contribution in [0.5, 0.6) is 5.75 Å². The Morgan fingerprint density at radius 1 is 1.40 bits per heavy atom. The highest BCUT2D eigenvalue weighted by Crippen LogP contribution is 2.29. The van der Waals surface area contributed by atoms with Crippen molar-refractivity contribution < 1.29 is 9.26 Å². The van der Waals surface area contributed by atoms with Crippen LogP contribution in [0.3, 0.4) is 0 Å². The molecule has 0 atom stereocenters. The van der Waals surface area contributed by atoms with Gasteiger partial charge in [-0.05, 0) is 34.1 Å². The molecule has 1 aromatic carbocycles. The van der Waals surface area contributed by atoms with Crippen molar-refractivity contribution in [3.8, 4) is 17.1 Å². The number of aryl methyl sites for hydroxylation is 1. The van der Waals surface area contributed by atoms with Gasteiger partial charge < -0.3 is 9.26 Å². The van der Waals surface area contributed by atoms with Crippen LogP contribution < -0.4 is 4.74 Å². The lowest BCUT2D eigenvalue weighted by Crippen LogP contribution is -1.87. The summed E-state index contributed by atoms with van der Waals surface area (Å²) in [6, 6.07) is 5.64. The maximum absolute atomic E-state index is 5.18. The maximum atomic E-state index is 5.18. The van der Waals surface area contributed by atoms with Crippen LogP contribution in [0.2, 0.25) is 0 Å². The molecule has 78 valence electrons. The number of rotatable bonds is 2. The molecule has 4 nitrogen and oxygen atoms in total. The summed E-state index contributed by atoms with van der Waals surface area (Å²) in [5.41, 5.74) is 0.868. The van der Waals surface area contributed by atoms with Crippen molar-refractivity contribution >= 4 is 15.9 Å². The molecule has 2 rings (SSSR count). The lowest BCUT2D eigenvalue weighted by atomic mass is 10.2.